The standard InChI is InChI=1S/C24H24N4O5S/c1-27-14-17(13-20(27)23(25)29)34(31,32)28-10-8-15(9-11-28)24(30)26-16-6-7-22-19(12-16)18-4-2-3-5-21(18)33-22/h2-7,12-15H,8-11H2,1H3,(H2,25,29)(H,26,30). The lowest BCUT2D eigenvalue weighted by Gasteiger charge is -2.30. The van der Waals surface area contributed by atoms with Gasteiger partial charge in [-0.05, 0) is 43.2 Å². The Labute approximate surface area is 196 Å². The van der Waals surface area contributed by atoms with Crippen molar-refractivity contribution in [3.05, 3.63) is 60.4 Å². The molecule has 0 aliphatic carbocycles. The highest BCUT2D eigenvalue weighted by Crippen LogP contribution is 2.31. The summed E-state index contributed by atoms with van der Waals surface area (Å²) < 4.78 is 34.6. The number of benzene rings is 2. The first-order chi connectivity index (χ1) is 16.2. The van der Waals surface area contributed by atoms with Gasteiger partial charge in [-0.3, -0.25) is 9.59 Å². The third-order valence-electron chi connectivity index (χ3n) is 6.34. The highest BCUT2D eigenvalue weighted by molar-refractivity contribution is 7.89. The summed E-state index contributed by atoms with van der Waals surface area (Å²) in [6.45, 7) is 0.430. The molecule has 4 aromatic rings. The van der Waals surface area contributed by atoms with E-state index in [1.54, 1.807) is 13.1 Å². The molecule has 2 aromatic carbocycles. The first-order valence-electron chi connectivity index (χ1n) is 10.9. The zero-order valence-electron chi connectivity index (χ0n) is 18.5. The maximum Gasteiger partial charge on any atom is 0.265 e. The number of hydrogen-bond acceptors (Lipinski definition) is 5. The van der Waals surface area contributed by atoms with Gasteiger partial charge in [-0.15, -0.1) is 0 Å². The van der Waals surface area contributed by atoms with Crippen molar-refractivity contribution in [2.24, 2.45) is 18.7 Å². The lowest BCUT2D eigenvalue weighted by Crippen LogP contribution is -2.41. The number of hydrogen-bond donors (Lipinski definition) is 2. The van der Waals surface area contributed by atoms with Gasteiger partial charge >= 0.3 is 0 Å². The number of carbonyl (C=O) groups is 2. The number of carbonyl (C=O) groups excluding carboxylic acids is 2. The molecule has 0 radical (unpaired) electrons. The number of sulfonamides is 1. The Morgan fingerprint density at radius 2 is 1.74 bits per heavy atom. The molecule has 9 nitrogen and oxygen atoms in total. The topological polar surface area (TPSA) is 128 Å². The van der Waals surface area contributed by atoms with E-state index in [9.17, 15) is 18.0 Å². The fourth-order valence-electron chi connectivity index (χ4n) is 4.48. The summed E-state index contributed by atoms with van der Waals surface area (Å²) in [5.74, 6) is -1.14. The average Bonchev–Trinajstić information content (AvgIpc) is 3.40. The largest absolute Gasteiger partial charge is 0.456 e. The number of aryl methyl sites for hydroxylation is 1. The van der Waals surface area contributed by atoms with Crippen molar-refractivity contribution in [2.45, 2.75) is 17.7 Å². The van der Waals surface area contributed by atoms with E-state index >= 15 is 0 Å². The van der Waals surface area contributed by atoms with Gasteiger partial charge in [0.05, 0.1) is 0 Å². The van der Waals surface area contributed by atoms with Gasteiger partial charge in [0.15, 0.2) is 0 Å². The quantitative estimate of drug-likeness (QED) is 0.454. The van der Waals surface area contributed by atoms with Crippen molar-refractivity contribution in [1.29, 1.82) is 0 Å². The Balaban J connectivity index is 1.26. The number of primary amides is 1. The average molecular weight is 481 g/mol. The molecule has 1 aliphatic heterocycles. The number of anilines is 1. The first kappa shape index (κ1) is 22.2. The van der Waals surface area contributed by atoms with E-state index in [0.29, 0.717) is 18.5 Å². The van der Waals surface area contributed by atoms with Crippen molar-refractivity contribution >= 4 is 49.5 Å². The summed E-state index contributed by atoms with van der Waals surface area (Å²) in [4.78, 5) is 24.4. The molecule has 3 N–H and O–H groups in total. The van der Waals surface area contributed by atoms with Gasteiger partial charge in [-0.25, -0.2) is 8.42 Å². The SMILES string of the molecule is Cn1cc(S(=O)(=O)N2CCC(C(=O)Nc3ccc4oc5ccccc5c4c3)CC2)cc1C(N)=O. The van der Waals surface area contributed by atoms with Crippen LogP contribution in [0.4, 0.5) is 5.69 Å². The number of rotatable bonds is 5. The highest BCUT2D eigenvalue weighted by atomic mass is 32.2. The molecule has 34 heavy (non-hydrogen) atoms. The molecule has 5 rings (SSSR count). The minimum absolute atomic E-state index is 0.0207. The number of para-hydroxylation sites is 1. The van der Waals surface area contributed by atoms with E-state index in [1.165, 1.54) is 21.1 Å². The van der Waals surface area contributed by atoms with E-state index in [4.69, 9.17) is 10.2 Å². The van der Waals surface area contributed by atoms with Crippen LogP contribution in [0.1, 0.15) is 23.3 Å². The number of aromatic nitrogens is 1. The van der Waals surface area contributed by atoms with Crippen LogP contribution in [0.5, 0.6) is 0 Å². The number of nitrogens with zero attached hydrogens (tertiary/aromatic N) is 2. The second-order valence-electron chi connectivity index (χ2n) is 8.51. The van der Waals surface area contributed by atoms with Crippen molar-refractivity contribution in [3.63, 3.8) is 0 Å². The summed E-state index contributed by atoms with van der Waals surface area (Å²) in [6, 6.07) is 14.5. The summed E-state index contributed by atoms with van der Waals surface area (Å²) in [7, 11) is -2.21. The Bertz CT molecular complexity index is 1530. The van der Waals surface area contributed by atoms with Gasteiger partial charge in [0.2, 0.25) is 15.9 Å². The molecular weight excluding hydrogens is 456 g/mol. The van der Waals surface area contributed by atoms with Crippen LogP contribution in [0.2, 0.25) is 0 Å². The first-order valence-corrected chi connectivity index (χ1v) is 12.4. The molecule has 0 unspecified atom stereocenters. The van der Waals surface area contributed by atoms with Gasteiger partial charge in [0.25, 0.3) is 5.91 Å². The summed E-state index contributed by atoms with van der Waals surface area (Å²) in [5.41, 5.74) is 7.62. The summed E-state index contributed by atoms with van der Waals surface area (Å²) >= 11 is 0. The summed E-state index contributed by atoms with van der Waals surface area (Å²) in [5, 5.41) is 4.87. The van der Waals surface area contributed by atoms with Crippen LogP contribution in [0.3, 0.4) is 0 Å². The number of furan rings is 1. The van der Waals surface area contributed by atoms with Crippen LogP contribution in [0.25, 0.3) is 21.9 Å². The number of amides is 2. The maximum absolute atomic E-state index is 13.0. The Morgan fingerprint density at radius 3 is 2.44 bits per heavy atom. The van der Waals surface area contributed by atoms with E-state index in [1.807, 2.05) is 36.4 Å². The number of fused-ring (bicyclic) bond motifs is 3. The van der Waals surface area contributed by atoms with Crippen molar-refractivity contribution < 1.29 is 22.4 Å². The third-order valence-corrected chi connectivity index (χ3v) is 8.20. The fraction of sp³-hybridized carbons (Fsp3) is 0.250. The van der Waals surface area contributed by atoms with E-state index in [0.717, 1.165) is 21.9 Å². The second-order valence-corrected chi connectivity index (χ2v) is 10.5. The smallest absolute Gasteiger partial charge is 0.265 e. The number of nitrogens with two attached hydrogens (primary N) is 1. The third kappa shape index (κ3) is 3.84. The van der Waals surface area contributed by atoms with Crippen molar-refractivity contribution in [3.8, 4) is 0 Å². The van der Waals surface area contributed by atoms with Crippen LogP contribution in [-0.4, -0.2) is 42.2 Å². The van der Waals surface area contributed by atoms with Crippen LogP contribution in [0.15, 0.2) is 64.0 Å². The van der Waals surface area contributed by atoms with E-state index < -0.39 is 15.9 Å². The van der Waals surface area contributed by atoms with Crippen LogP contribution in [0, 0.1) is 5.92 Å². The molecule has 1 aliphatic rings. The van der Waals surface area contributed by atoms with Crippen LogP contribution >= 0.6 is 0 Å². The fourth-order valence-corrected chi connectivity index (χ4v) is 6.02. The molecule has 10 heteroatoms. The predicted molar refractivity (Wildman–Crippen MR) is 128 cm³/mol. The van der Waals surface area contributed by atoms with Gasteiger partial charge in [0.1, 0.15) is 21.8 Å². The van der Waals surface area contributed by atoms with Crippen molar-refractivity contribution in [2.75, 3.05) is 18.4 Å². The highest BCUT2D eigenvalue weighted by Gasteiger charge is 2.33. The minimum atomic E-state index is -3.78. The predicted octanol–water partition coefficient (Wildman–Crippen LogP) is 3.06. The Kier molecular flexibility index (Phi) is 5.41. The lowest BCUT2D eigenvalue weighted by atomic mass is 9.97. The van der Waals surface area contributed by atoms with Gasteiger partial charge in [0, 0.05) is 48.7 Å². The Morgan fingerprint density at radius 1 is 1.03 bits per heavy atom. The molecule has 1 saturated heterocycles. The molecule has 176 valence electrons. The van der Waals surface area contributed by atoms with Gasteiger partial charge in [-0.1, -0.05) is 18.2 Å². The lowest BCUT2D eigenvalue weighted by molar-refractivity contribution is -0.120. The van der Waals surface area contributed by atoms with E-state index in [2.05, 4.69) is 5.32 Å². The van der Waals surface area contributed by atoms with E-state index in [-0.39, 0.29) is 35.5 Å². The van der Waals surface area contributed by atoms with Crippen molar-refractivity contribution in [1.82, 2.24) is 8.87 Å². The van der Waals surface area contributed by atoms with Gasteiger partial charge in [-0.2, -0.15) is 4.31 Å². The maximum atomic E-state index is 13.0. The minimum Gasteiger partial charge on any atom is -0.456 e. The zero-order valence-corrected chi connectivity index (χ0v) is 19.3. The van der Waals surface area contributed by atoms with Gasteiger partial charge < -0.3 is 20.0 Å². The second kappa shape index (κ2) is 8.30. The molecule has 1 fully saturated rings. The monoisotopic (exact) mass is 480 g/mol. The molecular formula is C24H24N4O5S. The molecule has 0 spiro atoms. The van der Waals surface area contributed by atoms with Crippen LogP contribution in [-0.2, 0) is 21.9 Å². The molecule has 0 atom stereocenters. The molecule has 0 bridgehead atoms. The molecule has 2 amide bonds. The number of nitrogens with one attached hydrogen (secondary N) is 1. The molecule has 0 saturated carbocycles. The van der Waals surface area contributed by atoms with Crippen LogP contribution < -0.4 is 11.1 Å². The Hall–Kier alpha value is -3.63. The normalized spacial score (nSPS) is 15.7. The molecule has 2 aromatic heterocycles. The number of piperidine rings is 1. The zero-order chi connectivity index (χ0) is 24.0. The molecule has 3 heterocycles. The summed E-state index contributed by atoms with van der Waals surface area (Å²) in [6.07, 6.45) is 2.18.